The zero-order chi connectivity index (χ0) is 18.7. The topological polar surface area (TPSA) is 43.9 Å². The Hall–Kier alpha value is -1.74. The molecule has 1 aromatic rings. The van der Waals surface area contributed by atoms with Crippen LogP contribution in [0, 0.1) is 0 Å². The molecule has 0 saturated carbocycles. The number of halogens is 3. The van der Waals surface area contributed by atoms with E-state index in [1.165, 1.54) is 17.0 Å². The lowest BCUT2D eigenvalue weighted by atomic mass is 10.1. The number of hydrogen-bond donors (Lipinski definition) is 0. The van der Waals surface area contributed by atoms with E-state index in [1.807, 2.05) is 4.90 Å². The molecule has 2 amide bonds. The molecule has 142 valence electrons. The van der Waals surface area contributed by atoms with Crippen molar-refractivity contribution >= 4 is 28.6 Å². The number of rotatable bonds is 5. The number of amides is 2. The van der Waals surface area contributed by atoms with Crippen LogP contribution in [0.25, 0.3) is 0 Å². The van der Waals surface area contributed by atoms with E-state index in [-0.39, 0.29) is 16.9 Å². The van der Waals surface area contributed by atoms with Gasteiger partial charge in [-0.25, -0.2) is 0 Å². The average molecular weight is 387 g/mol. The quantitative estimate of drug-likeness (QED) is 0.777. The molecule has 2 heterocycles. The molecular formula is C17H20F3N3O2S. The fraction of sp³-hybridized carbons (Fsp3) is 0.529. The SMILES string of the molecule is O=C1CSC(=O)N1CCCN1CCN(c2cccc(C(F)(F)F)c2)CC1. The summed E-state index contributed by atoms with van der Waals surface area (Å²) in [7, 11) is 0. The van der Waals surface area contributed by atoms with Crippen LogP contribution in [-0.2, 0) is 11.0 Å². The summed E-state index contributed by atoms with van der Waals surface area (Å²) >= 11 is 1.04. The maximum Gasteiger partial charge on any atom is 0.416 e. The summed E-state index contributed by atoms with van der Waals surface area (Å²) in [6, 6.07) is 5.41. The van der Waals surface area contributed by atoms with Gasteiger partial charge in [0.05, 0.1) is 11.3 Å². The normalized spacial score (nSPS) is 19.5. The van der Waals surface area contributed by atoms with E-state index in [4.69, 9.17) is 0 Å². The fourth-order valence-electron chi connectivity index (χ4n) is 3.16. The molecule has 0 aliphatic carbocycles. The van der Waals surface area contributed by atoms with Crippen molar-refractivity contribution in [3.63, 3.8) is 0 Å². The molecule has 5 nitrogen and oxygen atoms in total. The Morgan fingerprint density at radius 1 is 1.04 bits per heavy atom. The molecular weight excluding hydrogens is 367 g/mol. The Bertz CT molecular complexity index is 659. The maximum atomic E-state index is 12.8. The van der Waals surface area contributed by atoms with Crippen LogP contribution in [0.1, 0.15) is 12.0 Å². The summed E-state index contributed by atoms with van der Waals surface area (Å²) in [5.41, 5.74) is -0.0417. The first-order chi connectivity index (χ1) is 12.3. The van der Waals surface area contributed by atoms with Gasteiger partial charge in [0.2, 0.25) is 5.91 Å². The predicted octanol–water partition coefficient (Wildman–Crippen LogP) is 2.91. The Labute approximate surface area is 154 Å². The average Bonchev–Trinajstić information content (AvgIpc) is 2.94. The molecule has 2 saturated heterocycles. The Morgan fingerprint density at radius 3 is 2.38 bits per heavy atom. The second-order valence-corrected chi connectivity index (χ2v) is 7.26. The van der Waals surface area contributed by atoms with Gasteiger partial charge in [0.25, 0.3) is 5.24 Å². The second kappa shape index (κ2) is 7.87. The minimum absolute atomic E-state index is 0.130. The number of hydrogen-bond acceptors (Lipinski definition) is 5. The van der Waals surface area contributed by atoms with Gasteiger partial charge in [-0.1, -0.05) is 17.8 Å². The summed E-state index contributed by atoms with van der Waals surface area (Å²) in [4.78, 5) is 28.5. The van der Waals surface area contributed by atoms with E-state index in [1.54, 1.807) is 6.07 Å². The highest BCUT2D eigenvalue weighted by molar-refractivity contribution is 8.14. The number of carbonyl (C=O) groups excluding carboxylic acids is 2. The lowest BCUT2D eigenvalue weighted by Crippen LogP contribution is -2.47. The molecule has 0 radical (unpaired) electrons. The van der Waals surface area contributed by atoms with Crippen LogP contribution in [0.3, 0.4) is 0 Å². The third kappa shape index (κ3) is 4.50. The molecule has 0 bridgehead atoms. The van der Waals surface area contributed by atoms with Crippen molar-refractivity contribution in [2.75, 3.05) is 49.9 Å². The summed E-state index contributed by atoms with van der Waals surface area (Å²) < 4.78 is 38.5. The minimum atomic E-state index is -4.33. The van der Waals surface area contributed by atoms with Crippen LogP contribution < -0.4 is 4.90 Å². The molecule has 0 spiro atoms. The first kappa shape index (κ1) is 19.0. The smallest absolute Gasteiger partial charge is 0.369 e. The minimum Gasteiger partial charge on any atom is -0.369 e. The molecule has 0 unspecified atom stereocenters. The Kier molecular flexibility index (Phi) is 5.76. The molecule has 26 heavy (non-hydrogen) atoms. The molecule has 9 heteroatoms. The lowest BCUT2D eigenvalue weighted by Gasteiger charge is -2.36. The zero-order valence-electron chi connectivity index (χ0n) is 14.2. The highest BCUT2D eigenvalue weighted by Crippen LogP contribution is 2.31. The first-order valence-corrected chi connectivity index (χ1v) is 9.45. The standard InChI is InChI=1S/C17H20F3N3O2S/c18-17(19,20)13-3-1-4-14(11-13)22-9-7-21(8-10-22)5-2-6-23-15(24)12-26-16(23)25/h1,3-4,11H,2,5-10,12H2. The van der Waals surface area contributed by atoms with Crippen molar-refractivity contribution in [2.45, 2.75) is 12.6 Å². The third-order valence-corrected chi connectivity index (χ3v) is 5.47. The molecule has 0 aromatic heterocycles. The van der Waals surface area contributed by atoms with Gasteiger partial charge in [-0.05, 0) is 31.2 Å². The highest BCUT2D eigenvalue weighted by Gasteiger charge is 2.31. The molecule has 0 atom stereocenters. The summed E-state index contributed by atoms with van der Waals surface area (Å²) in [6.07, 6.45) is -3.62. The van der Waals surface area contributed by atoms with Gasteiger partial charge in [-0.15, -0.1) is 0 Å². The van der Waals surface area contributed by atoms with Crippen molar-refractivity contribution in [3.8, 4) is 0 Å². The molecule has 2 aliphatic rings. The number of anilines is 1. The molecule has 0 N–H and O–H groups in total. The van der Waals surface area contributed by atoms with Crippen LogP contribution in [0.2, 0.25) is 0 Å². The third-order valence-electron chi connectivity index (χ3n) is 4.61. The number of imide groups is 1. The molecule has 1 aromatic carbocycles. The number of carbonyl (C=O) groups is 2. The number of nitrogens with zero attached hydrogens (tertiary/aromatic N) is 3. The van der Waals surface area contributed by atoms with E-state index >= 15 is 0 Å². The van der Waals surface area contributed by atoms with Crippen LogP contribution in [0.15, 0.2) is 24.3 Å². The highest BCUT2D eigenvalue weighted by atomic mass is 32.2. The Balaban J connectivity index is 1.46. The summed E-state index contributed by atoms with van der Waals surface area (Å²) in [6.45, 7) is 3.98. The van der Waals surface area contributed by atoms with Crippen molar-refractivity contribution in [3.05, 3.63) is 29.8 Å². The first-order valence-electron chi connectivity index (χ1n) is 8.46. The van der Waals surface area contributed by atoms with Crippen LogP contribution >= 0.6 is 11.8 Å². The van der Waals surface area contributed by atoms with Gasteiger partial charge < -0.3 is 4.90 Å². The van der Waals surface area contributed by atoms with Crippen LogP contribution in [0.4, 0.5) is 23.7 Å². The largest absolute Gasteiger partial charge is 0.416 e. The van der Waals surface area contributed by atoms with Crippen LogP contribution in [-0.4, -0.2) is 66.0 Å². The van der Waals surface area contributed by atoms with Crippen molar-refractivity contribution < 1.29 is 22.8 Å². The maximum absolute atomic E-state index is 12.8. The molecule has 2 fully saturated rings. The van der Waals surface area contributed by atoms with Gasteiger partial charge in [-0.2, -0.15) is 13.2 Å². The van der Waals surface area contributed by atoms with Gasteiger partial charge in [-0.3, -0.25) is 19.4 Å². The number of benzene rings is 1. The second-order valence-electron chi connectivity index (χ2n) is 6.33. The Morgan fingerprint density at radius 2 is 1.77 bits per heavy atom. The van der Waals surface area contributed by atoms with E-state index < -0.39 is 11.7 Å². The van der Waals surface area contributed by atoms with E-state index in [0.717, 1.165) is 37.5 Å². The summed E-state index contributed by atoms with van der Waals surface area (Å²) in [5.74, 6) is 0.100. The van der Waals surface area contributed by atoms with E-state index in [9.17, 15) is 22.8 Å². The number of piperazine rings is 1. The van der Waals surface area contributed by atoms with Gasteiger partial charge >= 0.3 is 6.18 Å². The van der Waals surface area contributed by atoms with Crippen molar-refractivity contribution in [1.82, 2.24) is 9.80 Å². The molecule has 3 rings (SSSR count). The van der Waals surface area contributed by atoms with E-state index in [0.29, 0.717) is 31.7 Å². The van der Waals surface area contributed by atoms with Crippen molar-refractivity contribution in [1.29, 1.82) is 0 Å². The number of thioether (sulfide) groups is 1. The molecule has 2 aliphatic heterocycles. The van der Waals surface area contributed by atoms with E-state index in [2.05, 4.69) is 4.90 Å². The predicted molar refractivity (Wildman–Crippen MR) is 94.3 cm³/mol. The van der Waals surface area contributed by atoms with Gasteiger partial charge in [0.1, 0.15) is 0 Å². The fourth-order valence-corrected chi connectivity index (χ4v) is 3.91. The lowest BCUT2D eigenvalue weighted by molar-refractivity contribution is -0.137. The van der Waals surface area contributed by atoms with Crippen LogP contribution in [0.5, 0.6) is 0 Å². The van der Waals surface area contributed by atoms with Crippen molar-refractivity contribution in [2.24, 2.45) is 0 Å². The number of alkyl halides is 3. The van der Waals surface area contributed by atoms with Gasteiger partial charge in [0, 0.05) is 38.4 Å². The summed E-state index contributed by atoms with van der Waals surface area (Å²) in [5, 5.41) is -0.177. The van der Waals surface area contributed by atoms with Gasteiger partial charge in [0.15, 0.2) is 0 Å². The zero-order valence-corrected chi connectivity index (χ0v) is 15.0. The monoisotopic (exact) mass is 387 g/mol.